The predicted molar refractivity (Wildman–Crippen MR) is 95.7 cm³/mol. The zero-order chi connectivity index (χ0) is 18.2. The Kier molecular flexibility index (Phi) is 5.27. The van der Waals surface area contributed by atoms with E-state index in [2.05, 4.69) is 5.32 Å². The van der Waals surface area contributed by atoms with E-state index in [0.29, 0.717) is 36.4 Å². The third-order valence-corrected chi connectivity index (χ3v) is 7.07. The Balaban J connectivity index is 1.70. The van der Waals surface area contributed by atoms with Gasteiger partial charge in [0, 0.05) is 18.2 Å². The largest absolute Gasteiger partial charge is 0.351 e. The number of rotatable bonds is 3. The van der Waals surface area contributed by atoms with Crippen LogP contribution in [0, 0.1) is 0 Å². The Labute approximate surface area is 156 Å². The van der Waals surface area contributed by atoms with E-state index in [0.717, 1.165) is 0 Å². The highest BCUT2D eigenvalue weighted by atomic mass is 35.5. The molecule has 2 atom stereocenters. The van der Waals surface area contributed by atoms with E-state index in [9.17, 15) is 18.0 Å². The second kappa shape index (κ2) is 7.13. The topological polar surface area (TPSA) is 83.6 Å². The molecule has 9 heteroatoms. The SMILES string of the molecule is O=C(N[C@@H]1CCS(=O)(=O)C1)[C@@H]1CCCN1C(=O)c1ccc(Cl)c(Cl)c1. The fourth-order valence-corrected chi connectivity index (χ4v) is 5.26. The molecule has 1 aromatic carbocycles. The Bertz CT molecular complexity index is 812. The van der Waals surface area contributed by atoms with Gasteiger partial charge in [0.25, 0.3) is 5.91 Å². The smallest absolute Gasteiger partial charge is 0.254 e. The molecule has 2 heterocycles. The van der Waals surface area contributed by atoms with Crippen molar-refractivity contribution in [3.8, 4) is 0 Å². The maximum Gasteiger partial charge on any atom is 0.254 e. The molecule has 0 bridgehead atoms. The summed E-state index contributed by atoms with van der Waals surface area (Å²) < 4.78 is 23.0. The molecule has 0 radical (unpaired) electrons. The zero-order valence-electron chi connectivity index (χ0n) is 13.4. The molecule has 0 aromatic heterocycles. The average Bonchev–Trinajstić information content (AvgIpc) is 3.16. The molecule has 1 aromatic rings. The number of carbonyl (C=O) groups is 2. The Hall–Kier alpha value is -1.31. The van der Waals surface area contributed by atoms with Gasteiger partial charge in [0.2, 0.25) is 5.91 Å². The summed E-state index contributed by atoms with van der Waals surface area (Å²) in [5, 5.41) is 3.41. The summed E-state index contributed by atoms with van der Waals surface area (Å²) >= 11 is 11.8. The van der Waals surface area contributed by atoms with Gasteiger partial charge in [-0.1, -0.05) is 23.2 Å². The number of sulfone groups is 1. The Morgan fingerprint density at radius 1 is 1.16 bits per heavy atom. The molecule has 3 rings (SSSR count). The minimum Gasteiger partial charge on any atom is -0.351 e. The lowest BCUT2D eigenvalue weighted by atomic mass is 10.1. The first-order valence-electron chi connectivity index (χ1n) is 8.04. The summed E-state index contributed by atoms with van der Waals surface area (Å²) in [4.78, 5) is 26.8. The first-order valence-corrected chi connectivity index (χ1v) is 10.6. The monoisotopic (exact) mass is 404 g/mol. The number of hydrogen-bond donors (Lipinski definition) is 1. The quantitative estimate of drug-likeness (QED) is 0.833. The van der Waals surface area contributed by atoms with Crippen molar-refractivity contribution < 1.29 is 18.0 Å². The fourth-order valence-electron chi connectivity index (χ4n) is 3.28. The third-order valence-electron chi connectivity index (χ3n) is 4.56. The summed E-state index contributed by atoms with van der Waals surface area (Å²) in [6.07, 6.45) is 1.69. The molecule has 0 spiro atoms. The van der Waals surface area contributed by atoms with Crippen LogP contribution < -0.4 is 5.32 Å². The van der Waals surface area contributed by atoms with Crippen molar-refractivity contribution in [2.24, 2.45) is 0 Å². The number of halogens is 2. The lowest BCUT2D eigenvalue weighted by Gasteiger charge is -2.25. The van der Waals surface area contributed by atoms with Crippen molar-refractivity contribution in [2.45, 2.75) is 31.3 Å². The molecule has 6 nitrogen and oxygen atoms in total. The van der Waals surface area contributed by atoms with E-state index in [4.69, 9.17) is 23.2 Å². The third kappa shape index (κ3) is 4.10. The van der Waals surface area contributed by atoms with E-state index in [-0.39, 0.29) is 34.4 Å². The van der Waals surface area contributed by atoms with Crippen LogP contribution in [-0.2, 0) is 14.6 Å². The summed E-state index contributed by atoms with van der Waals surface area (Å²) in [6, 6.07) is 3.65. The maximum atomic E-state index is 12.7. The van der Waals surface area contributed by atoms with Crippen LogP contribution >= 0.6 is 23.2 Å². The molecule has 136 valence electrons. The highest BCUT2D eigenvalue weighted by Gasteiger charge is 2.37. The summed E-state index contributed by atoms with van der Waals surface area (Å²) in [6.45, 7) is 0.472. The van der Waals surface area contributed by atoms with E-state index >= 15 is 0 Å². The van der Waals surface area contributed by atoms with Crippen LogP contribution in [0.5, 0.6) is 0 Å². The van der Waals surface area contributed by atoms with Crippen LogP contribution in [0.3, 0.4) is 0 Å². The van der Waals surface area contributed by atoms with Gasteiger partial charge < -0.3 is 10.2 Å². The molecule has 0 aliphatic carbocycles. The van der Waals surface area contributed by atoms with E-state index in [1.54, 1.807) is 12.1 Å². The Morgan fingerprint density at radius 3 is 2.56 bits per heavy atom. The lowest BCUT2D eigenvalue weighted by Crippen LogP contribution is -2.49. The number of likely N-dealkylation sites (tertiary alicyclic amines) is 1. The van der Waals surface area contributed by atoms with Crippen molar-refractivity contribution in [1.29, 1.82) is 0 Å². The van der Waals surface area contributed by atoms with Crippen molar-refractivity contribution >= 4 is 44.9 Å². The van der Waals surface area contributed by atoms with Gasteiger partial charge in [0.05, 0.1) is 21.6 Å². The summed E-state index contributed by atoms with van der Waals surface area (Å²) in [7, 11) is -3.07. The molecular weight excluding hydrogens is 387 g/mol. The molecule has 2 amide bonds. The summed E-state index contributed by atoms with van der Waals surface area (Å²) in [5.74, 6) is -0.524. The zero-order valence-corrected chi connectivity index (χ0v) is 15.7. The Morgan fingerprint density at radius 2 is 1.92 bits per heavy atom. The molecule has 0 saturated carbocycles. The number of carbonyl (C=O) groups excluding carboxylic acids is 2. The van der Waals surface area contributed by atoms with Crippen LogP contribution in [0.4, 0.5) is 0 Å². The van der Waals surface area contributed by atoms with Crippen molar-refractivity contribution in [3.05, 3.63) is 33.8 Å². The van der Waals surface area contributed by atoms with Gasteiger partial charge in [-0.25, -0.2) is 8.42 Å². The number of hydrogen-bond acceptors (Lipinski definition) is 4. The van der Waals surface area contributed by atoms with Gasteiger partial charge >= 0.3 is 0 Å². The molecule has 1 N–H and O–H groups in total. The number of amides is 2. The second-order valence-electron chi connectivity index (χ2n) is 6.39. The normalized spacial score (nSPS) is 25.1. The van der Waals surface area contributed by atoms with Crippen LogP contribution in [0.15, 0.2) is 18.2 Å². The molecule has 2 aliphatic heterocycles. The fraction of sp³-hybridized carbons (Fsp3) is 0.500. The standard InChI is InChI=1S/C16H18Cl2N2O4S/c17-12-4-3-10(8-13(12)18)16(22)20-6-1-2-14(20)15(21)19-11-5-7-25(23,24)9-11/h3-4,8,11,14H,1-2,5-7,9H2,(H,19,21)/t11-,14+/m1/s1. The maximum absolute atomic E-state index is 12.7. The van der Waals surface area contributed by atoms with Crippen molar-refractivity contribution in [2.75, 3.05) is 18.1 Å². The van der Waals surface area contributed by atoms with Gasteiger partial charge in [0.1, 0.15) is 6.04 Å². The van der Waals surface area contributed by atoms with E-state index in [1.165, 1.54) is 11.0 Å². The molecule has 2 saturated heterocycles. The van der Waals surface area contributed by atoms with Crippen molar-refractivity contribution in [1.82, 2.24) is 10.2 Å². The number of nitrogens with zero attached hydrogens (tertiary/aromatic N) is 1. The molecule has 2 fully saturated rings. The van der Waals surface area contributed by atoms with Crippen LogP contribution in [0.25, 0.3) is 0 Å². The van der Waals surface area contributed by atoms with Gasteiger partial charge in [-0.05, 0) is 37.5 Å². The van der Waals surface area contributed by atoms with Crippen molar-refractivity contribution in [3.63, 3.8) is 0 Å². The average molecular weight is 405 g/mol. The van der Waals surface area contributed by atoms with Crippen LogP contribution in [-0.4, -0.2) is 55.3 Å². The van der Waals surface area contributed by atoms with Gasteiger partial charge in [-0.15, -0.1) is 0 Å². The molecule has 25 heavy (non-hydrogen) atoms. The highest BCUT2D eigenvalue weighted by Crippen LogP contribution is 2.26. The van der Waals surface area contributed by atoms with Gasteiger partial charge in [-0.3, -0.25) is 9.59 Å². The first kappa shape index (κ1) is 18.5. The molecule has 2 aliphatic rings. The van der Waals surface area contributed by atoms with E-state index < -0.39 is 15.9 Å². The minimum absolute atomic E-state index is 0.0355. The second-order valence-corrected chi connectivity index (χ2v) is 9.44. The summed E-state index contributed by atoms with van der Waals surface area (Å²) in [5.41, 5.74) is 0.373. The van der Waals surface area contributed by atoms with E-state index in [1.807, 2.05) is 0 Å². The highest BCUT2D eigenvalue weighted by molar-refractivity contribution is 7.91. The van der Waals surface area contributed by atoms with Gasteiger partial charge in [-0.2, -0.15) is 0 Å². The minimum atomic E-state index is -3.07. The number of nitrogens with one attached hydrogen (secondary N) is 1. The van der Waals surface area contributed by atoms with Gasteiger partial charge in [0.15, 0.2) is 9.84 Å². The predicted octanol–water partition coefficient (Wildman–Crippen LogP) is 1.90. The number of benzene rings is 1. The van der Waals surface area contributed by atoms with Crippen LogP contribution in [0.1, 0.15) is 29.6 Å². The lowest BCUT2D eigenvalue weighted by molar-refractivity contribution is -0.125. The van der Waals surface area contributed by atoms with Crippen LogP contribution in [0.2, 0.25) is 10.0 Å². The molecule has 0 unspecified atom stereocenters. The first-order chi connectivity index (χ1) is 11.8. The molecular formula is C16H18Cl2N2O4S.